The van der Waals surface area contributed by atoms with Crippen LogP contribution in [0.4, 0.5) is 0 Å². The lowest BCUT2D eigenvalue weighted by atomic mass is 9.96. The van der Waals surface area contributed by atoms with E-state index in [1.54, 1.807) is 7.11 Å². The fourth-order valence-electron chi connectivity index (χ4n) is 3.68. The number of nitrogens with zero attached hydrogens (tertiary/aromatic N) is 4. The lowest BCUT2D eigenvalue weighted by molar-refractivity contribution is 0.137. The summed E-state index contributed by atoms with van der Waals surface area (Å²) in [6.45, 7) is 7.62. The molecule has 0 spiro atoms. The predicted molar refractivity (Wildman–Crippen MR) is 107 cm³/mol. The van der Waals surface area contributed by atoms with Crippen LogP contribution in [0.2, 0.25) is 0 Å². The Balaban J connectivity index is 1.47. The van der Waals surface area contributed by atoms with Crippen molar-refractivity contribution in [1.29, 1.82) is 0 Å². The topological polar surface area (TPSA) is 54.6 Å². The van der Waals surface area contributed by atoms with Crippen molar-refractivity contribution in [3.63, 3.8) is 0 Å². The van der Waals surface area contributed by atoms with Gasteiger partial charge in [-0.3, -0.25) is 4.90 Å². The minimum atomic E-state index is 0.622. The molecule has 0 aliphatic carbocycles. The van der Waals surface area contributed by atoms with E-state index in [0.29, 0.717) is 11.7 Å². The Morgan fingerprint density at radius 3 is 2.85 bits per heavy atom. The molecule has 0 saturated carbocycles. The highest BCUT2D eigenvalue weighted by Gasteiger charge is 2.22. The summed E-state index contributed by atoms with van der Waals surface area (Å²) in [4.78, 5) is 9.48. The van der Waals surface area contributed by atoms with Gasteiger partial charge >= 0.3 is 0 Å². The van der Waals surface area contributed by atoms with E-state index in [1.165, 1.54) is 38.8 Å². The summed E-state index contributed by atoms with van der Waals surface area (Å²) in [6.07, 6.45) is 5.05. The molecule has 1 fully saturated rings. The number of benzene rings is 1. The number of likely N-dealkylation sites (tertiary alicyclic amines) is 1. The molecule has 0 amide bonds. The number of methoxy groups -OCH3 is 1. The van der Waals surface area contributed by atoms with E-state index in [0.717, 1.165) is 36.9 Å². The smallest absolute Gasteiger partial charge is 0.241 e. The first-order chi connectivity index (χ1) is 13.2. The first-order valence-corrected chi connectivity index (χ1v) is 10.1. The van der Waals surface area contributed by atoms with Gasteiger partial charge in [0.25, 0.3) is 0 Å². The molecular weight excluding hydrogens is 340 g/mol. The van der Waals surface area contributed by atoms with Crippen molar-refractivity contribution in [2.75, 3.05) is 40.3 Å². The number of ether oxygens (including phenoxy) is 1. The monoisotopic (exact) mass is 372 g/mol. The zero-order valence-electron chi connectivity index (χ0n) is 16.9. The van der Waals surface area contributed by atoms with E-state index < -0.39 is 0 Å². The molecule has 1 aromatic heterocycles. The standard InChI is InChI=1S/C21H32N4O2/c1-4-5-11-24(2)15-17-9-12-25(13-10-17)16-20-22-21(23-27-20)18-7-6-8-19(14-18)26-3/h6-8,14,17H,4-5,9-13,15-16H2,1-3H3. The third kappa shape index (κ3) is 5.78. The Morgan fingerprint density at radius 2 is 2.11 bits per heavy atom. The van der Waals surface area contributed by atoms with Crippen molar-refractivity contribution >= 4 is 0 Å². The van der Waals surface area contributed by atoms with E-state index in [1.807, 2.05) is 24.3 Å². The summed E-state index contributed by atoms with van der Waals surface area (Å²) in [5, 5.41) is 4.14. The van der Waals surface area contributed by atoms with E-state index in [2.05, 4.69) is 33.9 Å². The van der Waals surface area contributed by atoms with Gasteiger partial charge in [-0.05, 0) is 64.0 Å². The number of aromatic nitrogens is 2. The molecule has 2 aromatic rings. The molecule has 148 valence electrons. The van der Waals surface area contributed by atoms with E-state index in [4.69, 9.17) is 9.26 Å². The number of rotatable bonds is 9. The molecule has 0 radical (unpaired) electrons. The van der Waals surface area contributed by atoms with Gasteiger partial charge in [-0.25, -0.2) is 0 Å². The fourth-order valence-corrected chi connectivity index (χ4v) is 3.68. The Labute approximate surface area is 162 Å². The lowest BCUT2D eigenvalue weighted by Crippen LogP contribution is -2.37. The van der Waals surface area contributed by atoms with Gasteiger partial charge in [0.05, 0.1) is 13.7 Å². The van der Waals surface area contributed by atoms with E-state index in [9.17, 15) is 0 Å². The van der Waals surface area contributed by atoms with Gasteiger partial charge in [-0.2, -0.15) is 4.98 Å². The average Bonchev–Trinajstić information content (AvgIpc) is 3.16. The Kier molecular flexibility index (Phi) is 7.24. The number of piperidine rings is 1. The van der Waals surface area contributed by atoms with Gasteiger partial charge in [-0.1, -0.05) is 30.6 Å². The van der Waals surface area contributed by atoms with Crippen molar-refractivity contribution < 1.29 is 9.26 Å². The van der Waals surface area contributed by atoms with E-state index >= 15 is 0 Å². The molecule has 1 aliphatic heterocycles. The number of hydrogen-bond donors (Lipinski definition) is 0. The first-order valence-electron chi connectivity index (χ1n) is 10.1. The molecule has 0 N–H and O–H groups in total. The van der Waals surface area contributed by atoms with Crippen LogP contribution in [0.1, 0.15) is 38.5 Å². The summed E-state index contributed by atoms with van der Waals surface area (Å²) >= 11 is 0. The molecule has 6 nitrogen and oxygen atoms in total. The molecule has 0 unspecified atom stereocenters. The van der Waals surface area contributed by atoms with Gasteiger partial charge in [-0.15, -0.1) is 0 Å². The molecule has 2 heterocycles. The summed E-state index contributed by atoms with van der Waals surface area (Å²) in [5.41, 5.74) is 0.915. The average molecular weight is 373 g/mol. The molecule has 0 atom stereocenters. The minimum absolute atomic E-state index is 0.622. The normalized spacial score (nSPS) is 16.1. The highest BCUT2D eigenvalue weighted by molar-refractivity contribution is 5.56. The van der Waals surface area contributed by atoms with Crippen LogP contribution in [0, 0.1) is 5.92 Å². The molecule has 3 rings (SSSR count). The minimum Gasteiger partial charge on any atom is -0.497 e. The largest absolute Gasteiger partial charge is 0.497 e. The fraction of sp³-hybridized carbons (Fsp3) is 0.619. The number of hydrogen-bond acceptors (Lipinski definition) is 6. The summed E-state index contributed by atoms with van der Waals surface area (Å²) in [5.74, 6) is 2.91. The molecule has 1 aliphatic rings. The van der Waals surface area contributed by atoms with Crippen LogP contribution in [0.5, 0.6) is 5.75 Å². The van der Waals surface area contributed by atoms with Gasteiger partial charge < -0.3 is 14.2 Å². The number of unbranched alkanes of at least 4 members (excludes halogenated alkanes) is 1. The van der Waals surface area contributed by atoms with Crippen LogP contribution in [-0.2, 0) is 6.54 Å². The quantitative estimate of drug-likeness (QED) is 0.669. The second-order valence-electron chi connectivity index (χ2n) is 7.58. The van der Waals surface area contributed by atoms with Crippen LogP contribution < -0.4 is 4.74 Å². The maximum absolute atomic E-state index is 5.48. The SMILES string of the molecule is CCCCN(C)CC1CCN(Cc2nc(-c3cccc(OC)c3)no2)CC1. The Hall–Kier alpha value is -1.92. The van der Waals surface area contributed by atoms with Crippen molar-refractivity contribution in [3.8, 4) is 17.1 Å². The second-order valence-corrected chi connectivity index (χ2v) is 7.58. The molecular formula is C21H32N4O2. The maximum atomic E-state index is 5.48. The van der Waals surface area contributed by atoms with Crippen molar-refractivity contribution in [2.24, 2.45) is 5.92 Å². The van der Waals surface area contributed by atoms with Gasteiger partial charge in [0.1, 0.15) is 5.75 Å². The van der Waals surface area contributed by atoms with Crippen LogP contribution in [0.15, 0.2) is 28.8 Å². The van der Waals surface area contributed by atoms with Crippen LogP contribution in [0.25, 0.3) is 11.4 Å². The second kappa shape index (κ2) is 9.85. The molecule has 0 bridgehead atoms. The lowest BCUT2D eigenvalue weighted by Gasteiger charge is -2.33. The third-order valence-corrected chi connectivity index (χ3v) is 5.33. The van der Waals surface area contributed by atoms with Crippen LogP contribution in [-0.4, -0.2) is 60.3 Å². The Bertz CT molecular complexity index is 695. The maximum Gasteiger partial charge on any atom is 0.241 e. The van der Waals surface area contributed by atoms with Gasteiger partial charge in [0.2, 0.25) is 11.7 Å². The zero-order valence-corrected chi connectivity index (χ0v) is 16.9. The summed E-state index contributed by atoms with van der Waals surface area (Å²) in [6, 6.07) is 7.74. The zero-order chi connectivity index (χ0) is 19.1. The molecule has 6 heteroatoms. The van der Waals surface area contributed by atoms with Crippen molar-refractivity contribution in [2.45, 2.75) is 39.2 Å². The Morgan fingerprint density at radius 1 is 1.30 bits per heavy atom. The third-order valence-electron chi connectivity index (χ3n) is 5.33. The summed E-state index contributed by atoms with van der Waals surface area (Å²) < 4.78 is 10.7. The van der Waals surface area contributed by atoms with Gasteiger partial charge in [0, 0.05) is 12.1 Å². The summed E-state index contributed by atoms with van der Waals surface area (Å²) in [7, 11) is 3.91. The molecule has 27 heavy (non-hydrogen) atoms. The highest BCUT2D eigenvalue weighted by atomic mass is 16.5. The van der Waals surface area contributed by atoms with Crippen molar-refractivity contribution in [3.05, 3.63) is 30.2 Å². The van der Waals surface area contributed by atoms with Crippen LogP contribution in [0.3, 0.4) is 0 Å². The van der Waals surface area contributed by atoms with Crippen LogP contribution >= 0.6 is 0 Å². The highest BCUT2D eigenvalue weighted by Crippen LogP contribution is 2.23. The van der Waals surface area contributed by atoms with E-state index in [-0.39, 0.29) is 0 Å². The van der Waals surface area contributed by atoms with Crippen molar-refractivity contribution in [1.82, 2.24) is 19.9 Å². The predicted octanol–water partition coefficient (Wildman–Crippen LogP) is 3.69. The molecule has 1 saturated heterocycles. The molecule has 1 aromatic carbocycles. The first kappa shape index (κ1) is 19.8. The van der Waals surface area contributed by atoms with Gasteiger partial charge in [0.15, 0.2) is 0 Å².